The predicted octanol–water partition coefficient (Wildman–Crippen LogP) is 1.39. The molecule has 2 N–H and O–H groups in total. The maximum absolute atomic E-state index is 11.8. The van der Waals surface area contributed by atoms with Crippen LogP contribution in [0.15, 0.2) is 24.3 Å². The summed E-state index contributed by atoms with van der Waals surface area (Å²) >= 11 is 5.37. The van der Waals surface area contributed by atoms with Gasteiger partial charge >= 0.3 is 6.09 Å². The smallest absolute Gasteiger partial charge is 0.407 e. The van der Waals surface area contributed by atoms with E-state index in [1.54, 1.807) is 24.3 Å². The van der Waals surface area contributed by atoms with Crippen molar-refractivity contribution in [2.45, 2.75) is 0 Å². The van der Waals surface area contributed by atoms with Crippen molar-refractivity contribution in [1.29, 1.82) is 0 Å². The summed E-state index contributed by atoms with van der Waals surface area (Å²) in [7, 11) is 1.54. The first-order valence-electron chi connectivity index (χ1n) is 6.06. The molecule has 0 bridgehead atoms. The molecule has 0 fully saturated rings. The molecule has 2 amide bonds. The Bertz CT molecular complexity index is 454. The molecule has 1 aromatic rings. The van der Waals surface area contributed by atoms with E-state index < -0.39 is 6.09 Å². The third-order valence-electron chi connectivity index (χ3n) is 2.32. The van der Waals surface area contributed by atoms with Crippen LogP contribution in [0.2, 0.25) is 0 Å². The van der Waals surface area contributed by atoms with E-state index >= 15 is 0 Å². The molecule has 6 nitrogen and oxygen atoms in total. The van der Waals surface area contributed by atoms with Crippen LogP contribution in [0.3, 0.4) is 0 Å². The largest absolute Gasteiger partial charge is 0.497 e. The van der Waals surface area contributed by atoms with Crippen LogP contribution < -0.4 is 15.4 Å². The lowest BCUT2D eigenvalue weighted by Gasteiger charge is -2.08. The number of carbonyl (C=O) groups excluding carboxylic acids is 2. The first kappa shape index (κ1) is 16.1. The molecule has 0 radical (unpaired) electrons. The van der Waals surface area contributed by atoms with E-state index in [4.69, 9.17) is 21.1 Å². The van der Waals surface area contributed by atoms with Crippen molar-refractivity contribution < 1.29 is 19.1 Å². The number of carbonyl (C=O) groups is 2. The molecule has 0 aliphatic carbocycles. The molecule has 1 rings (SSSR count). The minimum absolute atomic E-state index is 0.156. The normalized spacial score (nSPS) is 9.70. The molecule has 20 heavy (non-hydrogen) atoms. The second kappa shape index (κ2) is 9.03. The number of ether oxygens (including phenoxy) is 2. The number of alkyl halides is 1. The van der Waals surface area contributed by atoms with Crippen molar-refractivity contribution in [1.82, 2.24) is 10.6 Å². The van der Waals surface area contributed by atoms with E-state index in [0.717, 1.165) is 0 Å². The molecule has 0 aliphatic heterocycles. The van der Waals surface area contributed by atoms with Gasteiger partial charge in [0.05, 0.1) is 13.0 Å². The fourth-order valence-corrected chi connectivity index (χ4v) is 1.47. The molecule has 0 atom stereocenters. The summed E-state index contributed by atoms with van der Waals surface area (Å²) in [5.41, 5.74) is 0.495. The highest BCUT2D eigenvalue weighted by atomic mass is 35.5. The Balaban J connectivity index is 2.27. The van der Waals surface area contributed by atoms with Crippen LogP contribution in [0.1, 0.15) is 10.4 Å². The molecule has 0 heterocycles. The van der Waals surface area contributed by atoms with Gasteiger partial charge in [0, 0.05) is 18.7 Å². The molecular weight excluding hydrogens is 284 g/mol. The van der Waals surface area contributed by atoms with Gasteiger partial charge in [-0.05, 0) is 18.2 Å². The number of hydrogen-bond donors (Lipinski definition) is 2. The van der Waals surface area contributed by atoms with Gasteiger partial charge in [-0.2, -0.15) is 0 Å². The first-order valence-corrected chi connectivity index (χ1v) is 6.59. The Labute approximate surface area is 122 Å². The van der Waals surface area contributed by atoms with Gasteiger partial charge in [0.1, 0.15) is 12.4 Å². The molecule has 0 aromatic heterocycles. The fourth-order valence-electron chi connectivity index (χ4n) is 1.39. The Morgan fingerprint density at radius 1 is 1.25 bits per heavy atom. The Hall–Kier alpha value is -1.95. The highest BCUT2D eigenvalue weighted by Crippen LogP contribution is 2.11. The first-order chi connectivity index (χ1) is 9.67. The number of alkyl carbamates (subject to hydrolysis) is 1. The summed E-state index contributed by atoms with van der Waals surface area (Å²) in [4.78, 5) is 22.9. The summed E-state index contributed by atoms with van der Waals surface area (Å²) in [5.74, 6) is 0.625. The van der Waals surface area contributed by atoms with Crippen LogP contribution in [-0.4, -0.2) is 44.7 Å². The van der Waals surface area contributed by atoms with E-state index in [9.17, 15) is 9.59 Å². The summed E-state index contributed by atoms with van der Waals surface area (Å²) < 4.78 is 9.74. The number of rotatable bonds is 7. The summed E-state index contributed by atoms with van der Waals surface area (Å²) in [6, 6.07) is 6.80. The Morgan fingerprint density at radius 3 is 2.70 bits per heavy atom. The highest BCUT2D eigenvalue weighted by molar-refractivity contribution is 6.18. The van der Waals surface area contributed by atoms with Crippen LogP contribution in [-0.2, 0) is 4.74 Å². The van der Waals surface area contributed by atoms with Crippen LogP contribution in [0.5, 0.6) is 5.75 Å². The number of halogens is 1. The number of amides is 2. The molecular formula is C13H17ClN2O4. The topological polar surface area (TPSA) is 76.7 Å². The van der Waals surface area contributed by atoms with Gasteiger partial charge in [-0.1, -0.05) is 6.07 Å². The molecule has 0 saturated carbocycles. The van der Waals surface area contributed by atoms with E-state index in [1.807, 2.05) is 0 Å². The maximum atomic E-state index is 11.8. The summed E-state index contributed by atoms with van der Waals surface area (Å²) in [6.07, 6.45) is -0.554. The van der Waals surface area contributed by atoms with Crippen molar-refractivity contribution in [2.75, 3.05) is 32.7 Å². The minimum atomic E-state index is -0.554. The van der Waals surface area contributed by atoms with E-state index in [1.165, 1.54) is 7.11 Å². The van der Waals surface area contributed by atoms with Crippen LogP contribution in [0.4, 0.5) is 4.79 Å². The van der Waals surface area contributed by atoms with Gasteiger partial charge in [0.25, 0.3) is 5.91 Å². The Morgan fingerprint density at radius 2 is 2.00 bits per heavy atom. The molecule has 110 valence electrons. The predicted molar refractivity (Wildman–Crippen MR) is 75.4 cm³/mol. The quantitative estimate of drug-likeness (QED) is 0.589. The number of nitrogens with one attached hydrogen (secondary N) is 2. The van der Waals surface area contributed by atoms with Crippen LogP contribution in [0, 0.1) is 0 Å². The SMILES string of the molecule is COc1cccc(C(=O)NCCNC(=O)OCCCl)c1. The third-order valence-corrected chi connectivity index (χ3v) is 2.48. The number of hydrogen-bond acceptors (Lipinski definition) is 4. The van der Waals surface area contributed by atoms with Gasteiger partial charge in [0.15, 0.2) is 0 Å². The highest BCUT2D eigenvalue weighted by Gasteiger charge is 2.06. The van der Waals surface area contributed by atoms with Crippen molar-refractivity contribution in [2.24, 2.45) is 0 Å². The molecule has 7 heteroatoms. The standard InChI is InChI=1S/C13H17ClN2O4/c1-19-11-4-2-3-10(9-11)12(17)15-6-7-16-13(18)20-8-5-14/h2-4,9H,5-8H2,1H3,(H,15,17)(H,16,18). The average molecular weight is 301 g/mol. The second-order valence-corrected chi connectivity index (χ2v) is 4.12. The van der Waals surface area contributed by atoms with Gasteiger partial charge in [-0.3, -0.25) is 4.79 Å². The number of benzene rings is 1. The van der Waals surface area contributed by atoms with Gasteiger partial charge in [-0.15, -0.1) is 11.6 Å². The van der Waals surface area contributed by atoms with Crippen molar-refractivity contribution in [3.63, 3.8) is 0 Å². The minimum Gasteiger partial charge on any atom is -0.497 e. The molecule has 0 aliphatic rings. The van der Waals surface area contributed by atoms with Crippen molar-refractivity contribution in [3.8, 4) is 5.75 Å². The van der Waals surface area contributed by atoms with Gasteiger partial charge in [0.2, 0.25) is 0 Å². The summed E-state index contributed by atoms with van der Waals surface area (Å²) in [6.45, 7) is 0.729. The third kappa shape index (κ3) is 5.79. The average Bonchev–Trinajstić information content (AvgIpc) is 2.49. The second-order valence-electron chi connectivity index (χ2n) is 3.74. The monoisotopic (exact) mass is 300 g/mol. The Kier molecular flexibility index (Phi) is 7.27. The maximum Gasteiger partial charge on any atom is 0.407 e. The number of methoxy groups -OCH3 is 1. The van der Waals surface area contributed by atoms with Crippen LogP contribution in [0.25, 0.3) is 0 Å². The molecule has 0 unspecified atom stereocenters. The molecule has 0 spiro atoms. The fraction of sp³-hybridized carbons (Fsp3) is 0.385. The summed E-state index contributed by atoms with van der Waals surface area (Å²) in [5, 5.41) is 5.16. The van der Waals surface area contributed by atoms with Gasteiger partial charge in [-0.25, -0.2) is 4.79 Å². The van der Waals surface area contributed by atoms with Gasteiger partial charge < -0.3 is 20.1 Å². The van der Waals surface area contributed by atoms with E-state index in [-0.39, 0.29) is 24.9 Å². The molecule has 1 aromatic carbocycles. The lowest BCUT2D eigenvalue weighted by molar-refractivity contribution is 0.0952. The van der Waals surface area contributed by atoms with Crippen molar-refractivity contribution >= 4 is 23.6 Å². The zero-order valence-corrected chi connectivity index (χ0v) is 11.9. The van der Waals surface area contributed by atoms with E-state index in [2.05, 4.69) is 10.6 Å². The molecule has 0 saturated heterocycles. The zero-order valence-electron chi connectivity index (χ0n) is 11.1. The lowest BCUT2D eigenvalue weighted by Crippen LogP contribution is -2.35. The zero-order chi connectivity index (χ0) is 14.8. The van der Waals surface area contributed by atoms with E-state index in [0.29, 0.717) is 17.9 Å². The van der Waals surface area contributed by atoms with Crippen molar-refractivity contribution in [3.05, 3.63) is 29.8 Å². The lowest BCUT2D eigenvalue weighted by atomic mass is 10.2. The van der Waals surface area contributed by atoms with Crippen LogP contribution >= 0.6 is 11.6 Å².